The van der Waals surface area contributed by atoms with Crippen molar-refractivity contribution in [3.8, 4) is 0 Å². The molecule has 1 aromatic carbocycles. The van der Waals surface area contributed by atoms with Crippen LogP contribution in [-0.2, 0) is 6.54 Å². The molecule has 0 fully saturated rings. The Labute approximate surface area is 108 Å². The van der Waals surface area contributed by atoms with Crippen LogP contribution in [0.5, 0.6) is 0 Å². The number of thiophene rings is 1. The molecule has 0 bridgehead atoms. The smallest absolute Gasteiger partial charge is 0.0305 e. The van der Waals surface area contributed by atoms with Gasteiger partial charge in [0, 0.05) is 22.3 Å². The van der Waals surface area contributed by atoms with E-state index in [0.29, 0.717) is 6.04 Å². The summed E-state index contributed by atoms with van der Waals surface area (Å²) in [7, 11) is 0. The highest BCUT2D eigenvalue weighted by Gasteiger charge is 2.05. The Kier molecular flexibility index (Phi) is 3.97. The van der Waals surface area contributed by atoms with Crippen LogP contribution in [0.25, 0.3) is 0 Å². The molecular weight excluding hydrogens is 226 g/mol. The van der Waals surface area contributed by atoms with Crippen LogP contribution in [0.3, 0.4) is 0 Å². The normalized spacial score (nSPS) is 12.6. The van der Waals surface area contributed by atoms with Crippen LogP contribution in [0.2, 0.25) is 0 Å². The van der Waals surface area contributed by atoms with Crippen LogP contribution in [0.4, 0.5) is 0 Å². The number of hydrogen-bond donors (Lipinski definition) is 1. The predicted octanol–water partition coefficient (Wildman–Crippen LogP) is 4.22. The summed E-state index contributed by atoms with van der Waals surface area (Å²) >= 11 is 1.86. The molecule has 0 amide bonds. The molecule has 17 heavy (non-hydrogen) atoms. The summed E-state index contributed by atoms with van der Waals surface area (Å²) in [6.07, 6.45) is 0. The first kappa shape index (κ1) is 12.3. The first-order chi connectivity index (χ1) is 8.15. The van der Waals surface area contributed by atoms with Gasteiger partial charge in [-0.3, -0.25) is 0 Å². The second-order valence-corrected chi connectivity index (χ2v) is 5.90. The van der Waals surface area contributed by atoms with Gasteiger partial charge in [-0.1, -0.05) is 29.8 Å². The number of hydrogen-bond acceptors (Lipinski definition) is 2. The lowest BCUT2D eigenvalue weighted by Crippen LogP contribution is -2.17. The molecule has 0 spiro atoms. The minimum Gasteiger partial charge on any atom is -0.305 e. The average molecular weight is 245 g/mol. The van der Waals surface area contributed by atoms with Crippen molar-refractivity contribution in [2.24, 2.45) is 0 Å². The van der Waals surface area contributed by atoms with E-state index in [1.165, 1.54) is 20.9 Å². The van der Waals surface area contributed by atoms with Gasteiger partial charge in [-0.2, -0.15) is 0 Å². The summed E-state index contributed by atoms with van der Waals surface area (Å²) in [5.74, 6) is 0. The quantitative estimate of drug-likeness (QED) is 0.850. The van der Waals surface area contributed by atoms with Crippen molar-refractivity contribution in [2.45, 2.75) is 33.4 Å². The van der Waals surface area contributed by atoms with Crippen LogP contribution >= 0.6 is 11.3 Å². The molecule has 1 heterocycles. The summed E-state index contributed by atoms with van der Waals surface area (Å²) in [6, 6.07) is 13.5. The first-order valence-electron chi connectivity index (χ1n) is 6.00. The van der Waals surface area contributed by atoms with E-state index >= 15 is 0 Å². The molecule has 0 saturated carbocycles. The van der Waals surface area contributed by atoms with E-state index in [4.69, 9.17) is 0 Å². The minimum absolute atomic E-state index is 0.401. The van der Waals surface area contributed by atoms with Crippen molar-refractivity contribution >= 4 is 11.3 Å². The number of benzene rings is 1. The Balaban J connectivity index is 1.93. The summed E-state index contributed by atoms with van der Waals surface area (Å²) in [4.78, 5) is 2.78. The summed E-state index contributed by atoms with van der Waals surface area (Å²) in [5.41, 5.74) is 2.67. The second kappa shape index (κ2) is 5.48. The van der Waals surface area contributed by atoms with E-state index in [9.17, 15) is 0 Å². The van der Waals surface area contributed by atoms with E-state index in [1.54, 1.807) is 0 Å². The van der Waals surface area contributed by atoms with Crippen LogP contribution < -0.4 is 5.32 Å². The van der Waals surface area contributed by atoms with Crippen LogP contribution in [0, 0.1) is 13.8 Å². The van der Waals surface area contributed by atoms with Crippen molar-refractivity contribution in [1.29, 1.82) is 0 Å². The van der Waals surface area contributed by atoms with Gasteiger partial charge in [-0.15, -0.1) is 11.3 Å². The van der Waals surface area contributed by atoms with Crippen molar-refractivity contribution in [3.05, 3.63) is 57.3 Å². The molecule has 90 valence electrons. The van der Waals surface area contributed by atoms with Crippen LogP contribution in [0.1, 0.15) is 33.8 Å². The largest absolute Gasteiger partial charge is 0.305 e. The van der Waals surface area contributed by atoms with Gasteiger partial charge >= 0.3 is 0 Å². The fourth-order valence-electron chi connectivity index (χ4n) is 1.81. The molecule has 1 nitrogen and oxygen atoms in total. The number of aryl methyl sites for hydroxylation is 2. The highest BCUT2D eigenvalue weighted by atomic mass is 32.1. The molecule has 2 rings (SSSR count). The SMILES string of the molecule is Cc1ccc(C(C)NCc2ccc(C)s2)cc1. The maximum atomic E-state index is 3.56. The Hall–Kier alpha value is -1.12. The molecule has 2 aromatic rings. The molecule has 0 aliphatic rings. The van der Waals surface area contributed by atoms with E-state index in [2.05, 4.69) is 62.5 Å². The molecule has 1 unspecified atom stereocenters. The first-order valence-corrected chi connectivity index (χ1v) is 6.82. The average Bonchev–Trinajstić information content (AvgIpc) is 2.73. The Bertz CT molecular complexity index is 470. The van der Waals surface area contributed by atoms with E-state index < -0.39 is 0 Å². The van der Waals surface area contributed by atoms with Gasteiger partial charge < -0.3 is 5.32 Å². The summed E-state index contributed by atoms with van der Waals surface area (Å²) in [5, 5.41) is 3.56. The lowest BCUT2D eigenvalue weighted by Gasteiger charge is -2.13. The van der Waals surface area contributed by atoms with E-state index in [-0.39, 0.29) is 0 Å². The molecule has 1 atom stereocenters. The topological polar surface area (TPSA) is 12.0 Å². The minimum atomic E-state index is 0.401. The van der Waals surface area contributed by atoms with Gasteiger partial charge in [-0.25, -0.2) is 0 Å². The maximum absolute atomic E-state index is 3.56. The van der Waals surface area contributed by atoms with Crippen LogP contribution in [-0.4, -0.2) is 0 Å². The van der Waals surface area contributed by atoms with Crippen molar-refractivity contribution < 1.29 is 0 Å². The second-order valence-electron chi connectivity index (χ2n) is 4.53. The third-order valence-corrected chi connectivity index (χ3v) is 3.96. The molecule has 0 radical (unpaired) electrons. The summed E-state index contributed by atoms with van der Waals surface area (Å²) in [6.45, 7) is 7.44. The number of rotatable bonds is 4. The Morgan fingerprint density at radius 2 is 1.76 bits per heavy atom. The highest BCUT2D eigenvalue weighted by molar-refractivity contribution is 7.11. The lowest BCUT2D eigenvalue weighted by molar-refractivity contribution is 0.579. The fraction of sp³-hybridized carbons (Fsp3) is 0.333. The Morgan fingerprint density at radius 1 is 1.06 bits per heavy atom. The van der Waals surface area contributed by atoms with E-state index in [0.717, 1.165) is 6.54 Å². The van der Waals surface area contributed by atoms with Crippen LogP contribution in [0.15, 0.2) is 36.4 Å². The zero-order chi connectivity index (χ0) is 12.3. The van der Waals surface area contributed by atoms with Gasteiger partial charge in [-0.05, 0) is 38.5 Å². The highest BCUT2D eigenvalue weighted by Crippen LogP contribution is 2.17. The molecule has 1 aromatic heterocycles. The standard InChI is InChI=1S/C15H19NS/c1-11-4-7-14(8-5-11)13(3)16-10-15-9-6-12(2)17-15/h4-9,13,16H,10H2,1-3H3. The zero-order valence-corrected chi connectivity index (χ0v) is 11.5. The van der Waals surface area contributed by atoms with Gasteiger partial charge in [0.1, 0.15) is 0 Å². The zero-order valence-electron chi connectivity index (χ0n) is 10.7. The van der Waals surface area contributed by atoms with Gasteiger partial charge in [0.2, 0.25) is 0 Å². The van der Waals surface area contributed by atoms with Gasteiger partial charge in [0.25, 0.3) is 0 Å². The van der Waals surface area contributed by atoms with Crippen molar-refractivity contribution in [1.82, 2.24) is 5.32 Å². The monoisotopic (exact) mass is 245 g/mol. The van der Waals surface area contributed by atoms with E-state index in [1.807, 2.05) is 11.3 Å². The molecule has 0 aliphatic heterocycles. The molecule has 0 saturated heterocycles. The predicted molar refractivity (Wildman–Crippen MR) is 75.5 cm³/mol. The lowest BCUT2D eigenvalue weighted by atomic mass is 10.1. The maximum Gasteiger partial charge on any atom is 0.0305 e. The van der Waals surface area contributed by atoms with Gasteiger partial charge in [0.15, 0.2) is 0 Å². The fourth-order valence-corrected chi connectivity index (χ4v) is 2.65. The van der Waals surface area contributed by atoms with Gasteiger partial charge in [0.05, 0.1) is 0 Å². The molecular formula is C15H19NS. The third kappa shape index (κ3) is 3.42. The number of nitrogens with one attached hydrogen (secondary N) is 1. The molecule has 1 N–H and O–H groups in total. The Morgan fingerprint density at radius 3 is 2.35 bits per heavy atom. The molecule has 2 heteroatoms. The third-order valence-electron chi connectivity index (χ3n) is 2.96. The summed E-state index contributed by atoms with van der Waals surface area (Å²) < 4.78 is 0. The van der Waals surface area contributed by atoms with Crippen molar-refractivity contribution in [3.63, 3.8) is 0 Å². The van der Waals surface area contributed by atoms with Crippen molar-refractivity contribution in [2.75, 3.05) is 0 Å². The molecule has 0 aliphatic carbocycles.